The van der Waals surface area contributed by atoms with Crippen LogP contribution in [-0.4, -0.2) is 65.2 Å². The van der Waals surface area contributed by atoms with Crippen molar-refractivity contribution in [2.45, 2.75) is 58.5 Å². The fraction of sp³-hybridized carbons (Fsp3) is 0.867. The average molecular weight is 299 g/mol. The summed E-state index contributed by atoms with van der Waals surface area (Å²) in [4.78, 5) is 27.0. The summed E-state index contributed by atoms with van der Waals surface area (Å²) in [6.45, 7) is 9.42. The van der Waals surface area contributed by atoms with Crippen LogP contribution in [0, 0.1) is 0 Å². The van der Waals surface area contributed by atoms with Crippen LogP contribution in [0.3, 0.4) is 0 Å². The highest BCUT2D eigenvalue weighted by atomic mass is 16.4. The molecule has 0 atom stereocenters. The highest BCUT2D eigenvalue weighted by Gasteiger charge is 2.24. The molecule has 0 aromatic heterocycles. The van der Waals surface area contributed by atoms with Gasteiger partial charge in [-0.1, -0.05) is 6.92 Å². The SMILES string of the molecule is CCCN1CCC(NC(=O)N(CCC(=O)O)C(C)C)CC1. The lowest BCUT2D eigenvalue weighted by Crippen LogP contribution is -2.51. The molecule has 6 heteroatoms. The van der Waals surface area contributed by atoms with Gasteiger partial charge < -0.3 is 20.2 Å². The summed E-state index contributed by atoms with van der Waals surface area (Å²) in [5.41, 5.74) is 0. The molecule has 122 valence electrons. The van der Waals surface area contributed by atoms with E-state index in [1.165, 1.54) is 0 Å². The lowest BCUT2D eigenvalue weighted by Gasteiger charge is -2.34. The molecular weight excluding hydrogens is 270 g/mol. The number of urea groups is 1. The van der Waals surface area contributed by atoms with Gasteiger partial charge in [0.1, 0.15) is 0 Å². The van der Waals surface area contributed by atoms with Crippen molar-refractivity contribution < 1.29 is 14.7 Å². The second-order valence-corrected chi connectivity index (χ2v) is 6.00. The van der Waals surface area contributed by atoms with E-state index in [0.29, 0.717) is 0 Å². The third-order valence-electron chi connectivity index (χ3n) is 3.91. The first-order valence-corrected chi connectivity index (χ1v) is 7.95. The molecule has 0 saturated carbocycles. The van der Waals surface area contributed by atoms with Crippen LogP contribution in [0.5, 0.6) is 0 Å². The maximum Gasteiger partial charge on any atom is 0.317 e. The zero-order chi connectivity index (χ0) is 15.8. The first-order chi connectivity index (χ1) is 9.93. The molecular formula is C15H29N3O3. The van der Waals surface area contributed by atoms with E-state index in [0.717, 1.165) is 38.9 Å². The summed E-state index contributed by atoms with van der Waals surface area (Å²) in [6, 6.07) is 0.0707. The largest absolute Gasteiger partial charge is 0.481 e. The number of aliphatic carboxylic acids is 1. The summed E-state index contributed by atoms with van der Waals surface area (Å²) in [7, 11) is 0. The predicted molar refractivity (Wildman–Crippen MR) is 82.4 cm³/mol. The van der Waals surface area contributed by atoms with Crippen molar-refractivity contribution in [1.82, 2.24) is 15.1 Å². The standard InChI is InChI=1S/C15H29N3O3/c1-4-8-17-9-5-13(6-10-17)16-15(21)18(12(2)3)11-7-14(19)20/h12-13H,4-11H2,1-3H3,(H,16,21)(H,19,20). The monoisotopic (exact) mass is 299 g/mol. The number of rotatable bonds is 7. The normalized spacial score (nSPS) is 17.0. The van der Waals surface area contributed by atoms with Crippen LogP contribution in [0.1, 0.15) is 46.5 Å². The summed E-state index contributed by atoms with van der Waals surface area (Å²) < 4.78 is 0. The van der Waals surface area contributed by atoms with Crippen molar-refractivity contribution in [3.05, 3.63) is 0 Å². The Balaban J connectivity index is 2.41. The Kier molecular flexibility index (Phi) is 7.50. The molecule has 0 aromatic rings. The molecule has 2 N–H and O–H groups in total. The topological polar surface area (TPSA) is 72.9 Å². The number of carboxylic acids is 1. The number of nitrogens with zero attached hydrogens (tertiary/aromatic N) is 2. The van der Waals surface area contributed by atoms with E-state index >= 15 is 0 Å². The first-order valence-electron chi connectivity index (χ1n) is 7.95. The minimum atomic E-state index is -0.874. The lowest BCUT2D eigenvalue weighted by atomic mass is 10.1. The van der Waals surface area contributed by atoms with E-state index in [9.17, 15) is 9.59 Å². The fourth-order valence-corrected chi connectivity index (χ4v) is 2.69. The van der Waals surface area contributed by atoms with Crippen molar-refractivity contribution in [3.63, 3.8) is 0 Å². The molecule has 21 heavy (non-hydrogen) atoms. The first kappa shape index (κ1) is 17.8. The molecule has 1 aliphatic rings. The summed E-state index contributed by atoms with van der Waals surface area (Å²) in [6.07, 6.45) is 3.08. The van der Waals surface area contributed by atoms with Gasteiger partial charge in [-0.3, -0.25) is 4.79 Å². The summed E-state index contributed by atoms with van der Waals surface area (Å²) in [5, 5.41) is 11.8. The summed E-state index contributed by atoms with van der Waals surface area (Å²) in [5.74, 6) is -0.874. The van der Waals surface area contributed by atoms with Gasteiger partial charge in [0, 0.05) is 31.7 Å². The van der Waals surface area contributed by atoms with Gasteiger partial charge in [-0.05, 0) is 39.7 Å². The second kappa shape index (κ2) is 8.87. The van der Waals surface area contributed by atoms with E-state index in [2.05, 4.69) is 17.1 Å². The lowest BCUT2D eigenvalue weighted by molar-refractivity contribution is -0.137. The van der Waals surface area contributed by atoms with E-state index in [1.807, 2.05) is 13.8 Å². The maximum absolute atomic E-state index is 12.3. The number of piperidine rings is 1. The van der Waals surface area contributed by atoms with Gasteiger partial charge in [-0.25, -0.2) is 4.79 Å². The van der Waals surface area contributed by atoms with Crippen molar-refractivity contribution in [2.24, 2.45) is 0 Å². The van der Waals surface area contributed by atoms with Crippen molar-refractivity contribution >= 4 is 12.0 Å². The highest BCUT2D eigenvalue weighted by molar-refractivity contribution is 5.75. The maximum atomic E-state index is 12.3. The van der Waals surface area contributed by atoms with Gasteiger partial charge in [0.15, 0.2) is 0 Å². The molecule has 1 saturated heterocycles. The molecule has 0 unspecified atom stereocenters. The Morgan fingerprint density at radius 1 is 1.33 bits per heavy atom. The van der Waals surface area contributed by atoms with Crippen LogP contribution in [-0.2, 0) is 4.79 Å². The molecule has 1 heterocycles. The number of nitrogens with one attached hydrogen (secondary N) is 1. The Labute approximate surface area is 127 Å². The zero-order valence-corrected chi connectivity index (χ0v) is 13.5. The molecule has 0 aliphatic carbocycles. The number of carbonyl (C=O) groups is 2. The third-order valence-corrected chi connectivity index (χ3v) is 3.91. The van der Waals surface area contributed by atoms with Crippen LogP contribution in [0.2, 0.25) is 0 Å². The van der Waals surface area contributed by atoms with E-state index in [4.69, 9.17) is 5.11 Å². The Bertz CT molecular complexity index is 339. The number of amides is 2. The van der Waals surface area contributed by atoms with Gasteiger partial charge in [0.05, 0.1) is 6.42 Å². The number of hydrogen-bond acceptors (Lipinski definition) is 3. The quantitative estimate of drug-likeness (QED) is 0.751. The number of likely N-dealkylation sites (tertiary alicyclic amines) is 1. The number of carboxylic acid groups (broad SMARTS) is 1. The minimum absolute atomic E-state index is 0.00419. The van der Waals surface area contributed by atoms with E-state index in [1.54, 1.807) is 4.90 Å². The van der Waals surface area contributed by atoms with Gasteiger partial charge >= 0.3 is 12.0 Å². The molecule has 0 bridgehead atoms. The molecule has 6 nitrogen and oxygen atoms in total. The van der Waals surface area contributed by atoms with Gasteiger partial charge in [0.25, 0.3) is 0 Å². The van der Waals surface area contributed by atoms with Gasteiger partial charge in [-0.15, -0.1) is 0 Å². The van der Waals surface area contributed by atoms with Crippen molar-refractivity contribution in [3.8, 4) is 0 Å². The second-order valence-electron chi connectivity index (χ2n) is 6.00. The molecule has 0 radical (unpaired) electrons. The molecule has 0 spiro atoms. The van der Waals surface area contributed by atoms with Crippen LogP contribution in [0.15, 0.2) is 0 Å². The number of hydrogen-bond donors (Lipinski definition) is 2. The third kappa shape index (κ3) is 6.33. The van der Waals surface area contributed by atoms with E-state index < -0.39 is 5.97 Å². The van der Waals surface area contributed by atoms with Crippen LogP contribution < -0.4 is 5.32 Å². The fourth-order valence-electron chi connectivity index (χ4n) is 2.69. The highest BCUT2D eigenvalue weighted by Crippen LogP contribution is 2.11. The average Bonchev–Trinajstić information content (AvgIpc) is 2.40. The molecule has 0 aromatic carbocycles. The predicted octanol–water partition coefficient (Wildman–Crippen LogP) is 1.76. The van der Waals surface area contributed by atoms with E-state index in [-0.39, 0.29) is 31.1 Å². The Morgan fingerprint density at radius 2 is 1.95 bits per heavy atom. The van der Waals surface area contributed by atoms with Crippen LogP contribution >= 0.6 is 0 Å². The van der Waals surface area contributed by atoms with Gasteiger partial charge in [-0.2, -0.15) is 0 Å². The molecule has 1 fully saturated rings. The van der Waals surface area contributed by atoms with Crippen LogP contribution in [0.4, 0.5) is 4.79 Å². The zero-order valence-electron chi connectivity index (χ0n) is 13.5. The number of carbonyl (C=O) groups excluding carboxylic acids is 1. The Hall–Kier alpha value is -1.30. The van der Waals surface area contributed by atoms with Gasteiger partial charge in [0.2, 0.25) is 0 Å². The Morgan fingerprint density at radius 3 is 2.43 bits per heavy atom. The molecule has 1 rings (SSSR count). The smallest absolute Gasteiger partial charge is 0.317 e. The summed E-state index contributed by atoms with van der Waals surface area (Å²) >= 11 is 0. The van der Waals surface area contributed by atoms with Crippen molar-refractivity contribution in [1.29, 1.82) is 0 Å². The molecule has 2 amide bonds. The minimum Gasteiger partial charge on any atom is -0.481 e. The molecule has 1 aliphatic heterocycles. The van der Waals surface area contributed by atoms with Crippen molar-refractivity contribution in [2.75, 3.05) is 26.2 Å². The van der Waals surface area contributed by atoms with Crippen LogP contribution in [0.25, 0.3) is 0 Å².